The van der Waals surface area contributed by atoms with Crippen molar-refractivity contribution in [2.24, 2.45) is 11.8 Å². The minimum absolute atomic E-state index is 0.0114. The summed E-state index contributed by atoms with van der Waals surface area (Å²) in [7, 11) is 3.92. The number of carboxylic acid groups (broad SMARTS) is 1. The standard InChI is InChI=1S/C14H20N2O2.C8H15NO2/c1-3-10-6-5-7-12(15-13(10)17)11-8-9-16(4-2)14(11)18;1-7(8(10)11)5-4-6-9(2)3/h3-4,10-12H,1-2,5-9H2,(H,15,17);1,4-6H2,2-3H3,(H,10,11). The number of likely N-dealkylation sites (tertiary alicyclic amines) is 1. The molecule has 2 amide bonds. The van der Waals surface area contributed by atoms with Crippen LogP contribution in [-0.4, -0.2) is 65.9 Å². The summed E-state index contributed by atoms with van der Waals surface area (Å²) in [5, 5.41) is 11.4. The van der Waals surface area contributed by atoms with E-state index in [0.717, 1.165) is 38.6 Å². The third-order valence-corrected chi connectivity index (χ3v) is 5.35. The fraction of sp³-hybridized carbons (Fsp3) is 0.591. The number of hydrogen-bond donors (Lipinski definition) is 2. The maximum atomic E-state index is 12.1. The summed E-state index contributed by atoms with van der Waals surface area (Å²) in [6.07, 6.45) is 8.17. The Kier molecular flexibility index (Phi) is 10.4. The summed E-state index contributed by atoms with van der Waals surface area (Å²) in [5.41, 5.74) is 0.298. The molecule has 0 aromatic heterocycles. The number of carbonyl (C=O) groups is 3. The maximum Gasteiger partial charge on any atom is 0.330 e. The summed E-state index contributed by atoms with van der Waals surface area (Å²) in [4.78, 5) is 38.0. The number of carbonyl (C=O) groups excluding carboxylic acids is 2. The lowest BCUT2D eigenvalue weighted by atomic mass is 9.94. The van der Waals surface area contributed by atoms with Gasteiger partial charge in [-0.2, -0.15) is 0 Å². The highest BCUT2D eigenvalue weighted by Crippen LogP contribution is 2.27. The van der Waals surface area contributed by atoms with E-state index in [4.69, 9.17) is 5.11 Å². The second-order valence-corrected chi connectivity index (χ2v) is 7.81. The molecule has 2 heterocycles. The molecule has 2 saturated heterocycles. The normalized spacial score (nSPS) is 24.2. The number of amides is 2. The van der Waals surface area contributed by atoms with Gasteiger partial charge in [0, 0.05) is 18.2 Å². The van der Waals surface area contributed by atoms with Gasteiger partial charge in [-0.3, -0.25) is 9.59 Å². The van der Waals surface area contributed by atoms with E-state index in [9.17, 15) is 14.4 Å². The van der Waals surface area contributed by atoms with Gasteiger partial charge in [0.25, 0.3) is 0 Å². The molecule has 2 fully saturated rings. The smallest absolute Gasteiger partial charge is 0.330 e. The Labute approximate surface area is 174 Å². The van der Waals surface area contributed by atoms with E-state index in [-0.39, 0.29) is 29.7 Å². The molecule has 0 aliphatic carbocycles. The minimum atomic E-state index is -0.885. The third-order valence-electron chi connectivity index (χ3n) is 5.35. The van der Waals surface area contributed by atoms with Crippen molar-refractivity contribution in [2.45, 2.75) is 44.6 Å². The molecule has 2 aliphatic rings. The number of hydrogen-bond acceptors (Lipinski definition) is 4. The van der Waals surface area contributed by atoms with Gasteiger partial charge in [-0.25, -0.2) is 4.79 Å². The van der Waals surface area contributed by atoms with Gasteiger partial charge in [0.1, 0.15) is 0 Å². The molecular formula is C22H35N3O4. The van der Waals surface area contributed by atoms with Gasteiger partial charge in [-0.15, -0.1) is 6.58 Å². The van der Waals surface area contributed by atoms with E-state index in [1.54, 1.807) is 17.2 Å². The molecule has 0 spiro atoms. The van der Waals surface area contributed by atoms with E-state index in [1.165, 1.54) is 0 Å². The number of nitrogens with one attached hydrogen (secondary N) is 1. The van der Waals surface area contributed by atoms with Crippen LogP contribution in [0.5, 0.6) is 0 Å². The molecule has 7 nitrogen and oxygen atoms in total. The van der Waals surface area contributed by atoms with Crippen molar-refractivity contribution in [3.63, 3.8) is 0 Å². The number of aliphatic carboxylic acids is 1. The molecule has 3 atom stereocenters. The van der Waals surface area contributed by atoms with Gasteiger partial charge in [-0.1, -0.05) is 25.7 Å². The van der Waals surface area contributed by atoms with E-state index >= 15 is 0 Å². The molecule has 2 aliphatic heterocycles. The molecule has 2 N–H and O–H groups in total. The zero-order valence-corrected chi connectivity index (χ0v) is 17.7. The summed E-state index contributed by atoms with van der Waals surface area (Å²) >= 11 is 0. The second-order valence-electron chi connectivity index (χ2n) is 7.81. The Morgan fingerprint density at radius 1 is 1.28 bits per heavy atom. The van der Waals surface area contributed by atoms with Crippen LogP contribution in [0.1, 0.15) is 38.5 Å². The molecular weight excluding hydrogens is 370 g/mol. The van der Waals surface area contributed by atoms with Crippen LogP contribution in [0.4, 0.5) is 0 Å². The van der Waals surface area contributed by atoms with Crippen molar-refractivity contribution in [1.29, 1.82) is 0 Å². The van der Waals surface area contributed by atoms with Gasteiger partial charge in [0.05, 0.1) is 11.8 Å². The van der Waals surface area contributed by atoms with Crippen molar-refractivity contribution >= 4 is 17.8 Å². The van der Waals surface area contributed by atoms with Crippen LogP contribution in [0.2, 0.25) is 0 Å². The van der Waals surface area contributed by atoms with E-state index < -0.39 is 5.97 Å². The molecule has 0 aromatic carbocycles. The molecule has 29 heavy (non-hydrogen) atoms. The molecule has 162 valence electrons. The van der Waals surface area contributed by atoms with Crippen molar-refractivity contribution in [3.05, 3.63) is 37.6 Å². The average molecular weight is 406 g/mol. The fourth-order valence-corrected chi connectivity index (χ4v) is 3.57. The lowest BCUT2D eigenvalue weighted by Gasteiger charge is -2.22. The average Bonchev–Trinajstić information content (AvgIpc) is 2.93. The number of rotatable bonds is 8. The number of nitrogens with zero attached hydrogens (tertiary/aromatic N) is 2. The molecule has 7 heteroatoms. The molecule has 0 radical (unpaired) electrons. The predicted octanol–water partition coefficient (Wildman–Crippen LogP) is 2.42. The topological polar surface area (TPSA) is 90.0 Å². The highest BCUT2D eigenvalue weighted by molar-refractivity contribution is 5.86. The molecule has 0 bridgehead atoms. The highest BCUT2D eigenvalue weighted by atomic mass is 16.4. The van der Waals surface area contributed by atoms with Crippen LogP contribution in [0.15, 0.2) is 37.6 Å². The van der Waals surface area contributed by atoms with Gasteiger partial charge >= 0.3 is 5.97 Å². The highest BCUT2D eigenvalue weighted by Gasteiger charge is 2.38. The Balaban J connectivity index is 0.000000331. The SMILES string of the molecule is C=C(CCCN(C)C)C(=O)O.C=CC1CCCC(C2CCN(C=C)C2=O)NC1=O. The molecule has 0 aromatic rings. The Bertz CT molecular complexity index is 630. The third kappa shape index (κ3) is 7.85. The molecule has 0 saturated carbocycles. The van der Waals surface area contributed by atoms with Crippen LogP contribution in [0.3, 0.4) is 0 Å². The quantitative estimate of drug-likeness (QED) is 0.478. The van der Waals surface area contributed by atoms with Gasteiger partial charge in [0.2, 0.25) is 11.8 Å². The van der Waals surface area contributed by atoms with Crippen LogP contribution >= 0.6 is 0 Å². The van der Waals surface area contributed by atoms with Crippen LogP contribution < -0.4 is 5.32 Å². The second kappa shape index (κ2) is 12.2. The van der Waals surface area contributed by atoms with Gasteiger partial charge < -0.3 is 20.2 Å². The zero-order valence-electron chi connectivity index (χ0n) is 17.7. The predicted molar refractivity (Wildman–Crippen MR) is 114 cm³/mol. The molecule has 2 rings (SSSR count). The van der Waals surface area contributed by atoms with Crippen LogP contribution in [0.25, 0.3) is 0 Å². The first-order valence-corrected chi connectivity index (χ1v) is 10.1. The lowest BCUT2D eigenvalue weighted by molar-refractivity contribution is -0.133. The fourth-order valence-electron chi connectivity index (χ4n) is 3.57. The van der Waals surface area contributed by atoms with Crippen LogP contribution in [0, 0.1) is 11.8 Å². The summed E-state index contributed by atoms with van der Waals surface area (Å²) in [6, 6.07) is -0.0279. The lowest BCUT2D eigenvalue weighted by Crippen LogP contribution is -2.43. The first kappa shape index (κ1) is 24.6. The van der Waals surface area contributed by atoms with E-state index in [2.05, 4.69) is 25.1 Å². The van der Waals surface area contributed by atoms with Crippen molar-refractivity contribution in [3.8, 4) is 0 Å². The Morgan fingerprint density at radius 3 is 2.48 bits per heavy atom. The first-order valence-electron chi connectivity index (χ1n) is 10.1. The Hall–Kier alpha value is -2.41. The Morgan fingerprint density at radius 2 is 1.97 bits per heavy atom. The van der Waals surface area contributed by atoms with E-state index in [0.29, 0.717) is 18.5 Å². The molecule has 3 unspecified atom stereocenters. The maximum absolute atomic E-state index is 12.1. The van der Waals surface area contributed by atoms with Crippen molar-refractivity contribution in [2.75, 3.05) is 27.2 Å². The summed E-state index contributed by atoms with van der Waals surface area (Å²) < 4.78 is 0. The van der Waals surface area contributed by atoms with Gasteiger partial charge in [-0.05, 0) is 58.9 Å². The summed E-state index contributed by atoms with van der Waals surface area (Å²) in [5.74, 6) is -0.981. The number of carboxylic acids is 1. The van der Waals surface area contributed by atoms with Crippen LogP contribution in [-0.2, 0) is 14.4 Å². The summed E-state index contributed by atoms with van der Waals surface area (Å²) in [6.45, 7) is 12.4. The van der Waals surface area contributed by atoms with Crippen molar-refractivity contribution < 1.29 is 19.5 Å². The largest absolute Gasteiger partial charge is 0.478 e. The van der Waals surface area contributed by atoms with Crippen molar-refractivity contribution in [1.82, 2.24) is 15.1 Å². The van der Waals surface area contributed by atoms with Gasteiger partial charge in [0.15, 0.2) is 0 Å². The monoisotopic (exact) mass is 405 g/mol. The van der Waals surface area contributed by atoms with E-state index in [1.807, 2.05) is 19.0 Å². The zero-order chi connectivity index (χ0) is 22.0. The first-order chi connectivity index (χ1) is 13.7. The minimum Gasteiger partial charge on any atom is -0.478 e.